The molecule has 1 heterocycles. The lowest BCUT2D eigenvalue weighted by Gasteiger charge is -2.62. The number of hydrogen-bond donors (Lipinski definition) is 1. The zero-order valence-electron chi connectivity index (χ0n) is 20.8. The molecule has 4 fully saturated rings. The Morgan fingerprint density at radius 3 is 2.51 bits per heavy atom. The van der Waals surface area contributed by atoms with Gasteiger partial charge >= 0.3 is 0 Å². The summed E-state index contributed by atoms with van der Waals surface area (Å²) in [7, 11) is 0. The molecule has 1 aromatic heterocycles. The Labute approximate surface area is 212 Å². The van der Waals surface area contributed by atoms with Crippen LogP contribution in [0, 0.1) is 38.0 Å². The minimum Gasteiger partial charge on any atom is -0.360 e. The minimum absolute atomic E-state index is 0.116. The lowest BCUT2D eigenvalue weighted by molar-refractivity contribution is -0.0697. The van der Waals surface area contributed by atoms with Crippen LogP contribution in [0.3, 0.4) is 0 Å². The fraction of sp³-hybridized carbons (Fsp3) is 0.467. The van der Waals surface area contributed by atoms with Crippen molar-refractivity contribution >= 4 is 17.5 Å². The Morgan fingerprint density at radius 1 is 1.06 bits per heavy atom. The summed E-state index contributed by atoms with van der Waals surface area (Å²) in [6, 6.07) is 14.6. The third-order valence-electron chi connectivity index (χ3n) is 9.14. The average Bonchev–Trinajstić information content (AvgIpc) is 3.20. The minimum atomic E-state index is -0.116. The number of hydrogen-bond acceptors (Lipinski definition) is 3. The SMILES string of the molecule is Cc1ccc(C23C[C@H]4C[C@@H](CC(CNC(=O)c5c(-c6ccccc6Cl)noc5C)(C4)C2)C3)cc1C. The fourth-order valence-corrected chi connectivity index (χ4v) is 8.13. The van der Waals surface area contributed by atoms with Crippen LogP contribution in [0.2, 0.25) is 5.02 Å². The van der Waals surface area contributed by atoms with Crippen molar-refractivity contribution in [2.75, 3.05) is 6.54 Å². The average molecular weight is 489 g/mol. The predicted molar refractivity (Wildman–Crippen MR) is 139 cm³/mol. The molecular formula is C30H33ClN2O2. The number of rotatable bonds is 5. The summed E-state index contributed by atoms with van der Waals surface area (Å²) < 4.78 is 5.45. The van der Waals surface area contributed by atoms with Crippen LogP contribution in [-0.2, 0) is 5.41 Å². The molecule has 35 heavy (non-hydrogen) atoms. The van der Waals surface area contributed by atoms with Gasteiger partial charge in [0.15, 0.2) is 0 Å². The Bertz CT molecular complexity index is 1300. The van der Waals surface area contributed by atoms with Gasteiger partial charge in [0.25, 0.3) is 5.91 Å². The van der Waals surface area contributed by atoms with Gasteiger partial charge in [-0.25, -0.2) is 0 Å². The van der Waals surface area contributed by atoms with Crippen molar-refractivity contribution in [2.45, 2.75) is 64.7 Å². The summed E-state index contributed by atoms with van der Waals surface area (Å²) in [6.07, 6.45) is 7.54. The van der Waals surface area contributed by atoms with E-state index in [1.807, 2.05) is 24.3 Å². The van der Waals surface area contributed by atoms with Crippen molar-refractivity contribution in [3.63, 3.8) is 0 Å². The number of aromatic nitrogens is 1. The van der Waals surface area contributed by atoms with Gasteiger partial charge in [-0.05, 0) is 105 Å². The number of carbonyl (C=O) groups excluding carboxylic acids is 1. The summed E-state index contributed by atoms with van der Waals surface area (Å²) in [5.41, 5.74) is 6.40. The van der Waals surface area contributed by atoms with Crippen molar-refractivity contribution < 1.29 is 9.32 Å². The topological polar surface area (TPSA) is 55.1 Å². The lowest BCUT2D eigenvalue weighted by Crippen LogP contribution is -2.57. The number of benzene rings is 2. The molecule has 7 rings (SSSR count). The maximum atomic E-state index is 13.5. The van der Waals surface area contributed by atoms with E-state index in [0.717, 1.165) is 23.8 Å². The van der Waals surface area contributed by atoms with Crippen LogP contribution in [0.5, 0.6) is 0 Å². The summed E-state index contributed by atoms with van der Waals surface area (Å²) >= 11 is 6.41. The smallest absolute Gasteiger partial charge is 0.257 e. The molecule has 2 aromatic carbocycles. The van der Waals surface area contributed by atoms with E-state index in [-0.39, 0.29) is 16.7 Å². The standard InChI is InChI=1S/C30H33ClN2O2/c1-18-8-9-23(10-19(18)2)30-14-21-11-22(15-30)13-29(12-21,16-30)17-32-28(34)26-20(3)35-33-27(26)24-6-4-5-7-25(24)31/h4-10,21-22H,11-17H2,1-3H3,(H,32,34)/t21-,22-,29?,30?/m0/s1. The number of amides is 1. The summed E-state index contributed by atoms with van der Waals surface area (Å²) in [5.74, 6) is 1.92. The molecule has 4 aliphatic carbocycles. The lowest BCUT2D eigenvalue weighted by atomic mass is 9.43. The van der Waals surface area contributed by atoms with Crippen LogP contribution in [0.4, 0.5) is 0 Å². The van der Waals surface area contributed by atoms with Gasteiger partial charge < -0.3 is 9.84 Å². The van der Waals surface area contributed by atoms with Crippen LogP contribution < -0.4 is 5.32 Å². The molecule has 0 radical (unpaired) electrons. The second-order valence-electron chi connectivity index (χ2n) is 11.7. The maximum absolute atomic E-state index is 13.5. The molecule has 0 unspecified atom stereocenters. The van der Waals surface area contributed by atoms with Crippen LogP contribution in [0.25, 0.3) is 11.3 Å². The van der Waals surface area contributed by atoms with Crippen molar-refractivity contribution in [3.8, 4) is 11.3 Å². The largest absolute Gasteiger partial charge is 0.360 e. The van der Waals surface area contributed by atoms with Crippen LogP contribution in [-0.4, -0.2) is 17.6 Å². The van der Waals surface area contributed by atoms with E-state index in [1.165, 1.54) is 48.8 Å². The molecule has 4 aliphatic rings. The van der Waals surface area contributed by atoms with Gasteiger partial charge in [-0.3, -0.25) is 4.79 Å². The summed E-state index contributed by atoms with van der Waals surface area (Å²) in [5, 5.41) is 8.07. The van der Waals surface area contributed by atoms with Crippen LogP contribution in [0.15, 0.2) is 47.0 Å². The first kappa shape index (κ1) is 22.8. The third-order valence-corrected chi connectivity index (χ3v) is 9.47. The molecule has 2 atom stereocenters. The normalized spacial score (nSPS) is 28.9. The van der Waals surface area contributed by atoms with Gasteiger partial charge in [-0.15, -0.1) is 0 Å². The molecule has 1 N–H and O–H groups in total. The van der Waals surface area contributed by atoms with Gasteiger partial charge in [0.05, 0.1) is 5.02 Å². The fourth-order valence-electron chi connectivity index (χ4n) is 7.90. The van der Waals surface area contributed by atoms with Gasteiger partial charge in [-0.2, -0.15) is 0 Å². The van der Waals surface area contributed by atoms with Crippen molar-refractivity contribution in [2.24, 2.45) is 17.3 Å². The molecule has 3 aromatic rings. The number of halogens is 1. The number of carbonyl (C=O) groups is 1. The first-order chi connectivity index (χ1) is 16.8. The van der Waals surface area contributed by atoms with Gasteiger partial charge in [-0.1, -0.05) is 53.2 Å². The number of aryl methyl sites for hydroxylation is 3. The van der Waals surface area contributed by atoms with Gasteiger partial charge in [0, 0.05) is 12.1 Å². The Morgan fingerprint density at radius 2 is 1.80 bits per heavy atom. The first-order valence-electron chi connectivity index (χ1n) is 12.8. The molecule has 182 valence electrons. The first-order valence-corrected chi connectivity index (χ1v) is 13.2. The van der Waals surface area contributed by atoms with E-state index in [0.29, 0.717) is 28.6 Å². The maximum Gasteiger partial charge on any atom is 0.257 e. The Hall–Kier alpha value is -2.59. The zero-order valence-corrected chi connectivity index (χ0v) is 21.5. The Balaban J connectivity index is 1.27. The van der Waals surface area contributed by atoms with Crippen molar-refractivity contribution in [1.29, 1.82) is 0 Å². The highest BCUT2D eigenvalue weighted by atomic mass is 35.5. The van der Waals surface area contributed by atoms with Crippen LogP contribution in [0.1, 0.15) is 71.3 Å². The monoisotopic (exact) mass is 488 g/mol. The van der Waals surface area contributed by atoms with E-state index in [9.17, 15) is 4.79 Å². The zero-order chi connectivity index (χ0) is 24.4. The molecule has 0 spiro atoms. The van der Waals surface area contributed by atoms with E-state index in [4.69, 9.17) is 16.1 Å². The predicted octanol–water partition coefficient (Wildman–Crippen LogP) is 7.19. The summed E-state index contributed by atoms with van der Waals surface area (Å²) in [6.45, 7) is 6.92. The molecule has 0 aliphatic heterocycles. The Kier molecular flexibility index (Phi) is 5.37. The van der Waals surface area contributed by atoms with Crippen molar-refractivity contribution in [1.82, 2.24) is 10.5 Å². The second-order valence-corrected chi connectivity index (χ2v) is 12.1. The highest BCUT2D eigenvalue weighted by molar-refractivity contribution is 6.33. The molecule has 1 amide bonds. The molecule has 4 saturated carbocycles. The second kappa shape index (κ2) is 8.23. The third kappa shape index (κ3) is 3.81. The molecule has 0 saturated heterocycles. The molecule has 5 heteroatoms. The van der Waals surface area contributed by atoms with E-state index >= 15 is 0 Å². The number of nitrogens with one attached hydrogen (secondary N) is 1. The van der Waals surface area contributed by atoms with Gasteiger partial charge in [0.1, 0.15) is 17.0 Å². The number of nitrogens with zero attached hydrogens (tertiary/aromatic N) is 1. The van der Waals surface area contributed by atoms with E-state index in [1.54, 1.807) is 6.92 Å². The molecule has 4 bridgehead atoms. The highest BCUT2D eigenvalue weighted by Crippen LogP contribution is 2.65. The van der Waals surface area contributed by atoms with E-state index in [2.05, 4.69) is 42.5 Å². The molecular weight excluding hydrogens is 456 g/mol. The van der Waals surface area contributed by atoms with Gasteiger partial charge in [0.2, 0.25) is 0 Å². The van der Waals surface area contributed by atoms with Crippen LogP contribution >= 0.6 is 11.6 Å². The molecule has 4 nitrogen and oxygen atoms in total. The van der Waals surface area contributed by atoms with Crippen molar-refractivity contribution in [3.05, 3.63) is 75.5 Å². The quantitative estimate of drug-likeness (QED) is 0.413. The highest BCUT2D eigenvalue weighted by Gasteiger charge is 2.58. The summed E-state index contributed by atoms with van der Waals surface area (Å²) in [4.78, 5) is 13.5. The van der Waals surface area contributed by atoms with E-state index < -0.39 is 0 Å².